The fraction of sp³-hybridized carbons (Fsp3) is 0.250. The van der Waals surface area contributed by atoms with E-state index in [2.05, 4.69) is 19.7 Å². The Morgan fingerprint density at radius 1 is 1.20 bits per heavy atom. The molecule has 2 aromatic rings. The molecular weight excluding hydrogens is 278 g/mol. The van der Waals surface area contributed by atoms with Crippen molar-refractivity contribution >= 4 is 10.0 Å². The monoisotopic (exact) mass is 293 g/mol. The van der Waals surface area contributed by atoms with Crippen LogP contribution >= 0.6 is 0 Å². The first kappa shape index (κ1) is 14.5. The molecule has 0 radical (unpaired) electrons. The van der Waals surface area contributed by atoms with E-state index in [1.54, 1.807) is 25.3 Å². The van der Waals surface area contributed by atoms with E-state index in [1.807, 2.05) is 0 Å². The van der Waals surface area contributed by atoms with Gasteiger partial charge in [0, 0.05) is 18.9 Å². The summed E-state index contributed by atoms with van der Waals surface area (Å²) in [4.78, 5) is 12.1. The molecule has 3 N–H and O–H groups in total. The number of aryl methyl sites for hydroxylation is 1. The second kappa shape index (κ2) is 6.04. The zero-order chi connectivity index (χ0) is 14.6. The molecule has 0 saturated heterocycles. The van der Waals surface area contributed by atoms with Gasteiger partial charge in [-0.05, 0) is 25.1 Å². The number of nitrogens with one attached hydrogen (secondary N) is 1. The molecule has 0 aliphatic rings. The SMILES string of the molecule is Cc1nccc(CNS(=O)(=O)c2ccc(CN)nc2)n1. The van der Waals surface area contributed by atoms with Gasteiger partial charge >= 0.3 is 0 Å². The Morgan fingerprint density at radius 2 is 2.00 bits per heavy atom. The number of hydrogen-bond donors (Lipinski definition) is 2. The molecule has 0 fully saturated rings. The lowest BCUT2D eigenvalue weighted by atomic mass is 10.4. The quantitative estimate of drug-likeness (QED) is 0.810. The maximum absolute atomic E-state index is 12.1. The summed E-state index contributed by atoms with van der Waals surface area (Å²) < 4.78 is 26.6. The van der Waals surface area contributed by atoms with Gasteiger partial charge in [-0.15, -0.1) is 0 Å². The van der Waals surface area contributed by atoms with Gasteiger partial charge in [-0.3, -0.25) is 4.98 Å². The molecule has 0 amide bonds. The van der Waals surface area contributed by atoms with Crippen LogP contribution in [0.3, 0.4) is 0 Å². The Bertz CT molecular complexity index is 685. The van der Waals surface area contributed by atoms with Crippen LogP contribution in [-0.2, 0) is 23.1 Å². The Morgan fingerprint density at radius 3 is 2.60 bits per heavy atom. The molecule has 8 heteroatoms. The molecule has 0 bridgehead atoms. The van der Waals surface area contributed by atoms with Crippen LogP contribution in [0.1, 0.15) is 17.2 Å². The molecule has 2 aromatic heterocycles. The molecule has 0 atom stereocenters. The molecule has 20 heavy (non-hydrogen) atoms. The van der Waals surface area contributed by atoms with Crippen LogP contribution in [0.5, 0.6) is 0 Å². The van der Waals surface area contributed by atoms with Crippen LogP contribution in [0.4, 0.5) is 0 Å². The summed E-state index contributed by atoms with van der Waals surface area (Å²) in [5.41, 5.74) is 6.65. The highest BCUT2D eigenvalue weighted by molar-refractivity contribution is 7.89. The number of hydrogen-bond acceptors (Lipinski definition) is 6. The first-order chi connectivity index (χ1) is 9.51. The highest BCUT2D eigenvalue weighted by Gasteiger charge is 2.14. The minimum absolute atomic E-state index is 0.0977. The van der Waals surface area contributed by atoms with Crippen molar-refractivity contribution in [3.63, 3.8) is 0 Å². The zero-order valence-corrected chi connectivity index (χ0v) is 11.8. The molecule has 0 saturated carbocycles. The summed E-state index contributed by atoms with van der Waals surface area (Å²) in [5.74, 6) is 0.593. The number of aromatic nitrogens is 3. The van der Waals surface area contributed by atoms with Crippen molar-refractivity contribution in [1.29, 1.82) is 0 Å². The lowest BCUT2D eigenvalue weighted by Gasteiger charge is -2.07. The number of nitrogens with two attached hydrogens (primary N) is 1. The van der Waals surface area contributed by atoms with E-state index in [0.29, 0.717) is 17.2 Å². The molecule has 7 nitrogen and oxygen atoms in total. The number of pyridine rings is 1. The Balaban J connectivity index is 2.10. The van der Waals surface area contributed by atoms with E-state index >= 15 is 0 Å². The molecule has 0 aliphatic carbocycles. The summed E-state index contributed by atoms with van der Waals surface area (Å²) in [5, 5.41) is 0. The van der Waals surface area contributed by atoms with Gasteiger partial charge in [-0.25, -0.2) is 23.1 Å². The maximum atomic E-state index is 12.1. The zero-order valence-electron chi connectivity index (χ0n) is 10.9. The molecule has 0 unspecified atom stereocenters. The lowest BCUT2D eigenvalue weighted by Crippen LogP contribution is -2.24. The van der Waals surface area contributed by atoms with E-state index in [1.165, 1.54) is 12.3 Å². The van der Waals surface area contributed by atoms with Gasteiger partial charge < -0.3 is 5.73 Å². The smallest absolute Gasteiger partial charge is 0.242 e. The van der Waals surface area contributed by atoms with Gasteiger partial charge in [0.1, 0.15) is 10.7 Å². The normalized spacial score (nSPS) is 11.5. The van der Waals surface area contributed by atoms with Crippen LogP contribution in [0, 0.1) is 6.92 Å². The average molecular weight is 293 g/mol. The number of sulfonamides is 1. The van der Waals surface area contributed by atoms with Crippen molar-refractivity contribution in [3.8, 4) is 0 Å². The van der Waals surface area contributed by atoms with E-state index < -0.39 is 10.0 Å². The van der Waals surface area contributed by atoms with Crippen LogP contribution < -0.4 is 10.5 Å². The van der Waals surface area contributed by atoms with Crippen LogP contribution in [0.15, 0.2) is 35.5 Å². The molecule has 2 rings (SSSR count). The average Bonchev–Trinajstić information content (AvgIpc) is 2.45. The fourth-order valence-corrected chi connectivity index (χ4v) is 2.49. The van der Waals surface area contributed by atoms with Crippen molar-refractivity contribution in [2.75, 3.05) is 0 Å². The summed E-state index contributed by atoms with van der Waals surface area (Å²) in [6.07, 6.45) is 2.87. The highest BCUT2D eigenvalue weighted by atomic mass is 32.2. The number of rotatable bonds is 5. The van der Waals surface area contributed by atoms with E-state index in [-0.39, 0.29) is 18.0 Å². The predicted molar refractivity (Wildman–Crippen MR) is 72.9 cm³/mol. The third kappa shape index (κ3) is 3.56. The topological polar surface area (TPSA) is 111 Å². The highest BCUT2D eigenvalue weighted by Crippen LogP contribution is 2.08. The minimum atomic E-state index is -3.61. The molecule has 0 aromatic carbocycles. The fourth-order valence-electron chi connectivity index (χ4n) is 1.55. The molecule has 0 spiro atoms. The first-order valence-electron chi connectivity index (χ1n) is 5.94. The first-order valence-corrected chi connectivity index (χ1v) is 7.43. The summed E-state index contributed by atoms with van der Waals surface area (Å²) in [6.45, 7) is 2.12. The summed E-state index contributed by atoms with van der Waals surface area (Å²) in [6, 6.07) is 4.72. The molecule has 0 aliphatic heterocycles. The van der Waals surface area contributed by atoms with Crippen molar-refractivity contribution in [2.24, 2.45) is 5.73 Å². The van der Waals surface area contributed by atoms with Crippen molar-refractivity contribution in [2.45, 2.75) is 24.9 Å². The molecular formula is C12H15N5O2S. The van der Waals surface area contributed by atoms with E-state index in [4.69, 9.17) is 5.73 Å². The van der Waals surface area contributed by atoms with Crippen LogP contribution in [0.2, 0.25) is 0 Å². The number of nitrogens with zero attached hydrogens (tertiary/aromatic N) is 3. The van der Waals surface area contributed by atoms with Crippen LogP contribution in [0.25, 0.3) is 0 Å². The van der Waals surface area contributed by atoms with E-state index in [0.717, 1.165) is 0 Å². The summed E-state index contributed by atoms with van der Waals surface area (Å²) >= 11 is 0. The minimum Gasteiger partial charge on any atom is -0.325 e. The van der Waals surface area contributed by atoms with Gasteiger partial charge in [0.05, 0.1) is 17.9 Å². The van der Waals surface area contributed by atoms with Crippen molar-refractivity contribution < 1.29 is 8.42 Å². The van der Waals surface area contributed by atoms with Crippen molar-refractivity contribution in [3.05, 3.63) is 47.8 Å². The Hall–Kier alpha value is -1.90. The van der Waals surface area contributed by atoms with Gasteiger partial charge in [0.15, 0.2) is 0 Å². The Labute approximate surface area is 117 Å². The second-order valence-corrected chi connectivity index (χ2v) is 5.88. The van der Waals surface area contributed by atoms with Gasteiger partial charge in [0.2, 0.25) is 10.0 Å². The molecule has 2 heterocycles. The van der Waals surface area contributed by atoms with Gasteiger partial charge in [0.25, 0.3) is 0 Å². The van der Waals surface area contributed by atoms with Crippen molar-refractivity contribution in [1.82, 2.24) is 19.7 Å². The van der Waals surface area contributed by atoms with Gasteiger partial charge in [-0.2, -0.15) is 0 Å². The standard InChI is InChI=1S/C12H15N5O2S/c1-9-14-5-4-11(17-9)7-16-20(18,19)12-3-2-10(6-13)15-8-12/h2-5,8,16H,6-7,13H2,1H3. The maximum Gasteiger partial charge on any atom is 0.242 e. The lowest BCUT2D eigenvalue weighted by molar-refractivity contribution is 0.579. The predicted octanol–water partition coefficient (Wildman–Crippen LogP) is 0.117. The largest absolute Gasteiger partial charge is 0.325 e. The third-order valence-electron chi connectivity index (χ3n) is 2.59. The van der Waals surface area contributed by atoms with E-state index in [9.17, 15) is 8.42 Å². The summed E-state index contributed by atoms with van der Waals surface area (Å²) in [7, 11) is -3.61. The molecule has 106 valence electrons. The van der Waals surface area contributed by atoms with Crippen LogP contribution in [-0.4, -0.2) is 23.4 Å². The Kier molecular flexibility index (Phi) is 4.38. The van der Waals surface area contributed by atoms with Gasteiger partial charge in [-0.1, -0.05) is 0 Å². The third-order valence-corrected chi connectivity index (χ3v) is 3.98. The second-order valence-electron chi connectivity index (χ2n) is 4.11.